The fraction of sp³-hybridized carbons (Fsp3) is 0.333. The maximum atomic E-state index is 11.9. The van der Waals surface area contributed by atoms with Gasteiger partial charge in [0.2, 0.25) is 5.91 Å². The second kappa shape index (κ2) is 5.05. The predicted molar refractivity (Wildman–Crippen MR) is 65.4 cm³/mol. The number of nitrogens with two attached hydrogens (primary N) is 1. The molecule has 6 heteroatoms. The molecule has 0 aliphatic heterocycles. The summed E-state index contributed by atoms with van der Waals surface area (Å²) in [6.07, 6.45) is 4.88. The fourth-order valence-electron chi connectivity index (χ4n) is 1.66. The van der Waals surface area contributed by atoms with Gasteiger partial charge < -0.3 is 15.5 Å². The third-order valence-electron chi connectivity index (χ3n) is 2.70. The van der Waals surface area contributed by atoms with Gasteiger partial charge in [0.25, 0.3) is 0 Å². The quantitative estimate of drug-likeness (QED) is 0.841. The third-order valence-corrected chi connectivity index (χ3v) is 2.70. The van der Waals surface area contributed by atoms with Crippen molar-refractivity contribution in [3.8, 4) is 0 Å². The summed E-state index contributed by atoms with van der Waals surface area (Å²) in [5.74, 6) is 0.439. The number of nitrogens with zero attached hydrogens (tertiary/aromatic N) is 2. The number of furan rings is 1. The molecule has 0 saturated heterocycles. The minimum absolute atomic E-state index is 0.213. The van der Waals surface area contributed by atoms with Crippen LogP contribution in [0, 0.1) is 0 Å². The Morgan fingerprint density at radius 1 is 1.61 bits per heavy atom. The summed E-state index contributed by atoms with van der Waals surface area (Å²) in [6, 6.07) is 2.64. The molecule has 96 valence electrons. The minimum Gasteiger partial charge on any atom is -0.467 e. The van der Waals surface area contributed by atoms with Crippen LogP contribution >= 0.6 is 0 Å². The van der Waals surface area contributed by atoms with Crippen LogP contribution < -0.4 is 11.1 Å². The van der Waals surface area contributed by atoms with Crippen molar-refractivity contribution in [2.24, 2.45) is 12.8 Å². The highest BCUT2D eigenvalue weighted by Gasteiger charge is 2.20. The Morgan fingerprint density at radius 3 is 2.94 bits per heavy atom. The van der Waals surface area contributed by atoms with Gasteiger partial charge in [-0.3, -0.25) is 9.48 Å². The molecule has 2 aromatic heterocycles. The SMILES string of the molecule is C[C@@H](NC(=O)C(N)c1cnn(C)c1)c1ccco1. The van der Waals surface area contributed by atoms with E-state index in [0.717, 1.165) is 0 Å². The van der Waals surface area contributed by atoms with Gasteiger partial charge in [-0.1, -0.05) is 0 Å². The fourth-order valence-corrected chi connectivity index (χ4v) is 1.66. The van der Waals surface area contributed by atoms with Gasteiger partial charge >= 0.3 is 0 Å². The topological polar surface area (TPSA) is 86.1 Å². The summed E-state index contributed by atoms with van der Waals surface area (Å²) >= 11 is 0. The number of rotatable bonds is 4. The molecule has 6 nitrogen and oxygen atoms in total. The molecule has 2 rings (SSSR count). The Hall–Kier alpha value is -2.08. The third kappa shape index (κ3) is 2.60. The van der Waals surface area contributed by atoms with Gasteiger partial charge in [0, 0.05) is 18.8 Å². The first-order valence-electron chi connectivity index (χ1n) is 5.66. The number of aryl methyl sites for hydroxylation is 1. The highest BCUT2D eigenvalue weighted by molar-refractivity contribution is 5.83. The average Bonchev–Trinajstić information content (AvgIpc) is 2.98. The molecule has 0 bridgehead atoms. The van der Waals surface area contributed by atoms with Crippen LogP contribution in [0.1, 0.15) is 30.3 Å². The number of aromatic nitrogens is 2. The molecule has 0 spiro atoms. The van der Waals surface area contributed by atoms with Gasteiger partial charge in [-0.15, -0.1) is 0 Å². The van der Waals surface area contributed by atoms with Crippen molar-refractivity contribution in [1.29, 1.82) is 0 Å². The number of hydrogen-bond donors (Lipinski definition) is 2. The maximum absolute atomic E-state index is 11.9. The van der Waals surface area contributed by atoms with Gasteiger partial charge in [0.05, 0.1) is 18.5 Å². The van der Waals surface area contributed by atoms with Crippen LogP contribution in [0.15, 0.2) is 35.2 Å². The highest BCUT2D eigenvalue weighted by atomic mass is 16.3. The van der Waals surface area contributed by atoms with Crippen molar-refractivity contribution in [3.05, 3.63) is 42.1 Å². The van der Waals surface area contributed by atoms with E-state index < -0.39 is 6.04 Å². The lowest BCUT2D eigenvalue weighted by molar-refractivity contribution is -0.123. The summed E-state index contributed by atoms with van der Waals surface area (Å²) in [6.45, 7) is 1.84. The molecule has 2 atom stereocenters. The summed E-state index contributed by atoms with van der Waals surface area (Å²) in [5, 5.41) is 6.78. The van der Waals surface area contributed by atoms with Gasteiger partial charge in [0.15, 0.2) is 0 Å². The van der Waals surface area contributed by atoms with Gasteiger partial charge in [-0.05, 0) is 19.1 Å². The van der Waals surface area contributed by atoms with E-state index in [0.29, 0.717) is 11.3 Å². The molecule has 3 N–H and O–H groups in total. The second-order valence-electron chi connectivity index (χ2n) is 4.17. The standard InChI is InChI=1S/C12H16N4O2/c1-8(10-4-3-5-18-10)15-12(17)11(13)9-6-14-16(2)7-9/h3-8,11H,13H2,1-2H3,(H,15,17)/t8-,11?/m1/s1. The zero-order valence-corrected chi connectivity index (χ0v) is 10.3. The molecule has 0 aliphatic carbocycles. The average molecular weight is 248 g/mol. The maximum Gasteiger partial charge on any atom is 0.242 e. The first-order chi connectivity index (χ1) is 8.58. The molecule has 0 aliphatic rings. The number of amides is 1. The lowest BCUT2D eigenvalue weighted by Gasteiger charge is -2.15. The van der Waals surface area contributed by atoms with Crippen molar-refractivity contribution in [3.63, 3.8) is 0 Å². The lowest BCUT2D eigenvalue weighted by atomic mass is 10.1. The van der Waals surface area contributed by atoms with E-state index in [1.54, 1.807) is 42.5 Å². The van der Waals surface area contributed by atoms with Gasteiger partial charge in [0.1, 0.15) is 11.8 Å². The number of nitrogens with one attached hydrogen (secondary N) is 1. The van der Waals surface area contributed by atoms with Crippen LogP contribution in [-0.2, 0) is 11.8 Å². The normalized spacial score (nSPS) is 14.2. The highest BCUT2D eigenvalue weighted by Crippen LogP contribution is 2.15. The lowest BCUT2D eigenvalue weighted by Crippen LogP contribution is -2.35. The molecule has 0 saturated carbocycles. The smallest absolute Gasteiger partial charge is 0.242 e. The molecule has 0 fully saturated rings. The van der Waals surface area contributed by atoms with Crippen molar-refractivity contribution >= 4 is 5.91 Å². The summed E-state index contributed by atoms with van der Waals surface area (Å²) in [7, 11) is 1.78. The Balaban J connectivity index is 1.99. The first kappa shape index (κ1) is 12.4. The molecule has 1 unspecified atom stereocenters. The van der Waals surface area contributed by atoms with Gasteiger partial charge in [-0.25, -0.2) is 0 Å². The first-order valence-corrected chi connectivity index (χ1v) is 5.66. The Bertz CT molecular complexity index is 518. The number of carbonyl (C=O) groups excluding carboxylic acids is 1. The van der Waals surface area contributed by atoms with Crippen LogP contribution in [0.4, 0.5) is 0 Å². The van der Waals surface area contributed by atoms with E-state index >= 15 is 0 Å². The molecule has 2 aromatic rings. The predicted octanol–water partition coefficient (Wildman–Crippen LogP) is 0.890. The Labute approximate surface area is 105 Å². The van der Waals surface area contributed by atoms with E-state index in [4.69, 9.17) is 10.2 Å². The molecular weight excluding hydrogens is 232 g/mol. The van der Waals surface area contributed by atoms with Crippen molar-refractivity contribution in [2.45, 2.75) is 19.0 Å². The van der Waals surface area contributed by atoms with E-state index in [1.165, 1.54) is 0 Å². The largest absolute Gasteiger partial charge is 0.467 e. The van der Waals surface area contributed by atoms with E-state index in [9.17, 15) is 4.79 Å². The molecule has 2 heterocycles. The zero-order chi connectivity index (χ0) is 13.1. The van der Waals surface area contributed by atoms with E-state index in [2.05, 4.69) is 10.4 Å². The number of carbonyl (C=O) groups is 1. The Morgan fingerprint density at radius 2 is 2.39 bits per heavy atom. The summed E-state index contributed by atoms with van der Waals surface area (Å²) in [4.78, 5) is 11.9. The molecule has 0 radical (unpaired) electrons. The second-order valence-corrected chi connectivity index (χ2v) is 4.17. The van der Waals surface area contributed by atoms with Crippen LogP contribution in [0.5, 0.6) is 0 Å². The zero-order valence-electron chi connectivity index (χ0n) is 10.3. The van der Waals surface area contributed by atoms with Crippen LogP contribution in [0.2, 0.25) is 0 Å². The number of hydrogen-bond acceptors (Lipinski definition) is 4. The van der Waals surface area contributed by atoms with E-state index in [1.807, 2.05) is 6.92 Å². The monoisotopic (exact) mass is 248 g/mol. The van der Waals surface area contributed by atoms with Crippen molar-refractivity contribution in [2.75, 3.05) is 0 Å². The van der Waals surface area contributed by atoms with Crippen LogP contribution in [-0.4, -0.2) is 15.7 Å². The summed E-state index contributed by atoms with van der Waals surface area (Å²) < 4.78 is 6.82. The van der Waals surface area contributed by atoms with Crippen LogP contribution in [0.3, 0.4) is 0 Å². The summed E-state index contributed by atoms with van der Waals surface area (Å²) in [5.41, 5.74) is 6.54. The van der Waals surface area contributed by atoms with Gasteiger partial charge in [-0.2, -0.15) is 5.10 Å². The van der Waals surface area contributed by atoms with Crippen molar-refractivity contribution < 1.29 is 9.21 Å². The van der Waals surface area contributed by atoms with E-state index in [-0.39, 0.29) is 11.9 Å². The molecule has 1 amide bonds. The van der Waals surface area contributed by atoms with Crippen molar-refractivity contribution in [1.82, 2.24) is 15.1 Å². The molecular formula is C12H16N4O2. The molecule has 18 heavy (non-hydrogen) atoms. The molecule has 0 aromatic carbocycles. The van der Waals surface area contributed by atoms with Crippen LogP contribution in [0.25, 0.3) is 0 Å². The Kier molecular flexibility index (Phi) is 3.47. The minimum atomic E-state index is -0.726.